The van der Waals surface area contributed by atoms with Gasteiger partial charge in [0.2, 0.25) is 0 Å². The summed E-state index contributed by atoms with van der Waals surface area (Å²) in [6.45, 7) is 8.66. The minimum Gasteiger partial charge on any atom is -0.464 e. The smallest absolute Gasteiger partial charge is 0.354 e. The zero-order valence-electron chi connectivity index (χ0n) is 17.2. The van der Waals surface area contributed by atoms with Gasteiger partial charge in [-0.25, -0.2) is 4.79 Å². The number of nitrogens with zero attached hydrogens (tertiary/aromatic N) is 3. The Morgan fingerprint density at radius 3 is 2.21 bits per heavy atom. The SMILES string of the molecule is COC(=O)c1c(C)c(C(=O)CN2CCN(Cc3ccccc3)CC2)c(C)n1C. The van der Waals surface area contributed by atoms with Crippen LogP contribution < -0.4 is 0 Å². The first-order valence-electron chi connectivity index (χ1n) is 9.68. The van der Waals surface area contributed by atoms with Gasteiger partial charge < -0.3 is 9.30 Å². The third-order valence-electron chi connectivity index (χ3n) is 5.67. The molecule has 1 saturated heterocycles. The number of rotatable bonds is 6. The molecule has 1 aromatic heterocycles. The lowest BCUT2D eigenvalue weighted by Gasteiger charge is -2.34. The molecule has 6 nitrogen and oxygen atoms in total. The molecule has 0 spiro atoms. The van der Waals surface area contributed by atoms with Gasteiger partial charge in [0.15, 0.2) is 5.78 Å². The van der Waals surface area contributed by atoms with E-state index in [0.717, 1.165) is 38.4 Å². The average Bonchev–Trinajstić information content (AvgIpc) is 2.92. The van der Waals surface area contributed by atoms with Crippen LogP contribution in [0.15, 0.2) is 30.3 Å². The van der Waals surface area contributed by atoms with Crippen LogP contribution in [0.3, 0.4) is 0 Å². The molecule has 1 aromatic carbocycles. The lowest BCUT2D eigenvalue weighted by molar-refractivity contribution is 0.0588. The molecule has 0 atom stereocenters. The largest absolute Gasteiger partial charge is 0.464 e. The summed E-state index contributed by atoms with van der Waals surface area (Å²) in [6.07, 6.45) is 0. The first kappa shape index (κ1) is 20.3. The Morgan fingerprint density at radius 1 is 1.00 bits per heavy atom. The Morgan fingerprint density at radius 2 is 1.61 bits per heavy atom. The first-order valence-corrected chi connectivity index (χ1v) is 9.68. The zero-order valence-corrected chi connectivity index (χ0v) is 17.2. The fraction of sp³-hybridized carbons (Fsp3) is 0.455. The number of ketones is 1. The minimum absolute atomic E-state index is 0.0669. The summed E-state index contributed by atoms with van der Waals surface area (Å²) in [4.78, 5) is 29.7. The van der Waals surface area contributed by atoms with Gasteiger partial charge in [0.05, 0.1) is 13.7 Å². The molecule has 0 amide bonds. The quantitative estimate of drug-likeness (QED) is 0.566. The van der Waals surface area contributed by atoms with Crippen LogP contribution >= 0.6 is 0 Å². The van der Waals surface area contributed by atoms with Gasteiger partial charge in [0.25, 0.3) is 0 Å². The highest BCUT2D eigenvalue weighted by molar-refractivity contribution is 6.03. The van der Waals surface area contributed by atoms with E-state index in [0.29, 0.717) is 23.4 Å². The first-order chi connectivity index (χ1) is 13.4. The molecule has 1 fully saturated rings. The fourth-order valence-electron chi connectivity index (χ4n) is 4.00. The second-order valence-electron chi connectivity index (χ2n) is 7.45. The van der Waals surface area contributed by atoms with Gasteiger partial charge in [-0.3, -0.25) is 14.6 Å². The van der Waals surface area contributed by atoms with Crippen LogP contribution in [-0.2, 0) is 18.3 Å². The molecule has 2 aromatic rings. The summed E-state index contributed by atoms with van der Waals surface area (Å²) in [5.74, 6) is -0.339. The topological polar surface area (TPSA) is 54.8 Å². The molecule has 150 valence electrons. The number of benzene rings is 1. The summed E-state index contributed by atoms with van der Waals surface area (Å²) in [6, 6.07) is 10.5. The Labute approximate surface area is 166 Å². The lowest BCUT2D eigenvalue weighted by Crippen LogP contribution is -2.47. The van der Waals surface area contributed by atoms with Crippen molar-refractivity contribution in [3.8, 4) is 0 Å². The standard InChI is InChI=1S/C22H29N3O3/c1-16-20(17(2)23(3)21(16)22(27)28-4)19(26)15-25-12-10-24(11-13-25)14-18-8-6-5-7-9-18/h5-9H,10-15H2,1-4H3. The number of hydrogen-bond donors (Lipinski definition) is 0. The molecule has 3 rings (SSSR count). The van der Waals surface area contributed by atoms with E-state index in [4.69, 9.17) is 4.74 Å². The van der Waals surface area contributed by atoms with Crippen LogP contribution in [0.2, 0.25) is 0 Å². The fourth-order valence-corrected chi connectivity index (χ4v) is 4.00. The summed E-state index contributed by atoms with van der Waals surface area (Å²) in [5, 5.41) is 0. The van der Waals surface area contributed by atoms with Gasteiger partial charge in [0.1, 0.15) is 5.69 Å². The number of carbonyl (C=O) groups is 2. The van der Waals surface area contributed by atoms with Crippen LogP contribution in [0.1, 0.15) is 37.7 Å². The Hall–Kier alpha value is -2.44. The number of aromatic nitrogens is 1. The molecule has 0 N–H and O–H groups in total. The molecule has 0 saturated carbocycles. The van der Waals surface area contributed by atoms with Crippen molar-refractivity contribution in [1.29, 1.82) is 0 Å². The van der Waals surface area contributed by atoms with E-state index >= 15 is 0 Å². The Kier molecular flexibility index (Phi) is 6.31. The zero-order chi connectivity index (χ0) is 20.3. The number of esters is 1. The average molecular weight is 383 g/mol. The second kappa shape index (κ2) is 8.71. The highest BCUT2D eigenvalue weighted by Crippen LogP contribution is 2.23. The molecule has 0 bridgehead atoms. The van der Waals surface area contributed by atoms with Gasteiger partial charge in [0, 0.05) is 51.0 Å². The van der Waals surface area contributed by atoms with E-state index in [1.54, 1.807) is 11.6 Å². The van der Waals surface area contributed by atoms with Crippen molar-refractivity contribution in [2.75, 3.05) is 39.8 Å². The maximum absolute atomic E-state index is 13.0. The predicted molar refractivity (Wildman–Crippen MR) is 109 cm³/mol. The molecule has 0 unspecified atom stereocenters. The molecule has 0 aliphatic carbocycles. The summed E-state index contributed by atoms with van der Waals surface area (Å²) in [5.41, 5.74) is 3.94. The van der Waals surface area contributed by atoms with Gasteiger partial charge in [-0.15, -0.1) is 0 Å². The summed E-state index contributed by atoms with van der Waals surface area (Å²) in [7, 11) is 3.16. The van der Waals surface area contributed by atoms with E-state index in [-0.39, 0.29) is 5.78 Å². The number of hydrogen-bond acceptors (Lipinski definition) is 5. The van der Waals surface area contributed by atoms with Crippen molar-refractivity contribution in [2.24, 2.45) is 7.05 Å². The van der Waals surface area contributed by atoms with Crippen LogP contribution in [0.25, 0.3) is 0 Å². The van der Waals surface area contributed by atoms with Crippen LogP contribution in [-0.4, -0.2) is 66.0 Å². The van der Waals surface area contributed by atoms with Gasteiger partial charge in [-0.1, -0.05) is 30.3 Å². The molecule has 2 heterocycles. The van der Waals surface area contributed by atoms with E-state index in [9.17, 15) is 9.59 Å². The molecular formula is C22H29N3O3. The maximum atomic E-state index is 13.0. The third kappa shape index (κ3) is 4.18. The van der Waals surface area contributed by atoms with E-state index in [1.165, 1.54) is 12.7 Å². The van der Waals surface area contributed by atoms with Crippen LogP contribution in [0, 0.1) is 13.8 Å². The van der Waals surface area contributed by atoms with Crippen molar-refractivity contribution < 1.29 is 14.3 Å². The molecular weight excluding hydrogens is 354 g/mol. The van der Waals surface area contributed by atoms with Gasteiger partial charge in [-0.05, 0) is 25.0 Å². The van der Waals surface area contributed by atoms with Crippen molar-refractivity contribution in [2.45, 2.75) is 20.4 Å². The van der Waals surface area contributed by atoms with Crippen molar-refractivity contribution in [3.05, 3.63) is 58.4 Å². The lowest BCUT2D eigenvalue weighted by atomic mass is 10.0. The van der Waals surface area contributed by atoms with Crippen LogP contribution in [0.4, 0.5) is 0 Å². The molecule has 1 aliphatic heterocycles. The molecule has 6 heteroatoms. The Balaban J connectivity index is 1.61. The number of methoxy groups -OCH3 is 1. The molecule has 0 radical (unpaired) electrons. The predicted octanol–water partition coefficient (Wildman–Crippen LogP) is 2.43. The van der Waals surface area contributed by atoms with Gasteiger partial charge in [-0.2, -0.15) is 0 Å². The minimum atomic E-state index is -0.406. The molecule has 28 heavy (non-hydrogen) atoms. The number of Topliss-reactive ketones (excluding diaryl/α,β-unsaturated/α-hetero) is 1. The number of ether oxygens (including phenoxy) is 1. The normalized spacial score (nSPS) is 15.6. The van der Waals surface area contributed by atoms with E-state index in [2.05, 4.69) is 34.1 Å². The number of carbonyl (C=O) groups excluding carboxylic acids is 2. The highest BCUT2D eigenvalue weighted by atomic mass is 16.5. The maximum Gasteiger partial charge on any atom is 0.354 e. The van der Waals surface area contributed by atoms with Crippen molar-refractivity contribution >= 4 is 11.8 Å². The molecule has 1 aliphatic rings. The van der Waals surface area contributed by atoms with E-state index < -0.39 is 5.97 Å². The third-order valence-corrected chi connectivity index (χ3v) is 5.67. The van der Waals surface area contributed by atoms with E-state index in [1.807, 2.05) is 19.9 Å². The van der Waals surface area contributed by atoms with Crippen LogP contribution in [0.5, 0.6) is 0 Å². The van der Waals surface area contributed by atoms with Crippen molar-refractivity contribution in [3.63, 3.8) is 0 Å². The highest BCUT2D eigenvalue weighted by Gasteiger charge is 2.27. The Bertz CT molecular complexity index is 850. The second-order valence-corrected chi connectivity index (χ2v) is 7.45. The van der Waals surface area contributed by atoms with Crippen molar-refractivity contribution in [1.82, 2.24) is 14.4 Å². The van der Waals surface area contributed by atoms with Gasteiger partial charge >= 0.3 is 5.97 Å². The summed E-state index contributed by atoms with van der Waals surface area (Å²) >= 11 is 0. The number of piperazine rings is 1. The summed E-state index contributed by atoms with van der Waals surface area (Å²) < 4.78 is 6.63. The monoisotopic (exact) mass is 383 g/mol.